The van der Waals surface area contributed by atoms with E-state index < -0.39 is 5.60 Å². The molecule has 1 saturated carbocycles. The van der Waals surface area contributed by atoms with Gasteiger partial charge in [-0.3, -0.25) is 0 Å². The van der Waals surface area contributed by atoms with Crippen LogP contribution in [0.1, 0.15) is 46.5 Å². The van der Waals surface area contributed by atoms with Gasteiger partial charge in [0.05, 0.1) is 0 Å². The second-order valence-electron chi connectivity index (χ2n) is 6.15. The van der Waals surface area contributed by atoms with Crippen molar-refractivity contribution in [1.29, 1.82) is 0 Å². The topological polar surface area (TPSA) is 59.6 Å². The molecule has 0 aliphatic heterocycles. The molecule has 0 spiro atoms. The van der Waals surface area contributed by atoms with E-state index in [1.54, 1.807) is 7.11 Å². The fourth-order valence-corrected chi connectivity index (χ4v) is 2.29. The van der Waals surface area contributed by atoms with Gasteiger partial charge in [-0.15, -0.1) is 0 Å². The van der Waals surface area contributed by atoms with Gasteiger partial charge in [-0.25, -0.2) is 4.79 Å². The van der Waals surface area contributed by atoms with E-state index in [0.29, 0.717) is 6.04 Å². The molecule has 0 aromatic carbocycles. The van der Waals surface area contributed by atoms with Crippen molar-refractivity contribution in [1.82, 2.24) is 10.6 Å². The third kappa shape index (κ3) is 7.38. The fraction of sp³-hybridized carbons (Fsp3) is 0.929. The first-order valence-corrected chi connectivity index (χ1v) is 7.12. The number of hydrogen-bond donors (Lipinski definition) is 2. The van der Waals surface area contributed by atoms with Crippen LogP contribution in [0.5, 0.6) is 0 Å². The minimum atomic E-state index is -0.430. The molecular weight excluding hydrogens is 244 g/mol. The zero-order valence-corrected chi connectivity index (χ0v) is 12.6. The lowest BCUT2D eigenvalue weighted by atomic mass is 10.2. The molecule has 5 nitrogen and oxygen atoms in total. The fourth-order valence-electron chi connectivity index (χ4n) is 2.29. The van der Waals surface area contributed by atoms with Gasteiger partial charge < -0.3 is 20.1 Å². The Labute approximate surface area is 116 Å². The number of nitrogens with one attached hydrogen (secondary N) is 2. The number of carbonyl (C=O) groups excluding carboxylic acids is 1. The van der Waals surface area contributed by atoms with Crippen LogP contribution in [0.25, 0.3) is 0 Å². The smallest absolute Gasteiger partial charge is 0.407 e. The second kappa shape index (κ2) is 7.70. The summed E-state index contributed by atoms with van der Waals surface area (Å²) in [5.74, 6) is 0. The van der Waals surface area contributed by atoms with Crippen LogP contribution in [0.3, 0.4) is 0 Å². The molecule has 112 valence electrons. The SMILES string of the molecule is COCCCNC1CCC(NC(=O)OC(C)(C)C)C1. The molecular formula is C14H28N2O3. The molecule has 0 aromatic rings. The maximum absolute atomic E-state index is 11.7. The first-order chi connectivity index (χ1) is 8.90. The minimum absolute atomic E-state index is 0.231. The Kier molecular flexibility index (Phi) is 6.58. The highest BCUT2D eigenvalue weighted by Crippen LogP contribution is 2.19. The maximum atomic E-state index is 11.7. The lowest BCUT2D eigenvalue weighted by Crippen LogP contribution is -2.39. The van der Waals surface area contributed by atoms with Gasteiger partial charge in [0, 0.05) is 25.8 Å². The van der Waals surface area contributed by atoms with Gasteiger partial charge in [-0.05, 0) is 53.0 Å². The van der Waals surface area contributed by atoms with Crippen LogP contribution >= 0.6 is 0 Å². The van der Waals surface area contributed by atoms with Gasteiger partial charge in [0.15, 0.2) is 0 Å². The molecule has 5 heteroatoms. The number of amides is 1. The molecule has 19 heavy (non-hydrogen) atoms. The monoisotopic (exact) mass is 272 g/mol. The Hall–Kier alpha value is -0.810. The van der Waals surface area contributed by atoms with Gasteiger partial charge in [-0.1, -0.05) is 0 Å². The summed E-state index contributed by atoms with van der Waals surface area (Å²) < 4.78 is 10.3. The second-order valence-corrected chi connectivity index (χ2v) is 6.15. The van der Waals surface area contributed by atoms with Crippen LogP contribution in [0.4, 0.5) is 4.79 Å². The predicted octanol–water partition coefficient (Wildman–Crippen LogP) is 2.06. The van der Waals surface area contributed by atoms with Crippen molar-refractivity contribution in [3.63, 3.8) is 0 Å². The Bertz CT molecular complexity index is 276. The number of hydrogen-bond acceptors (Lipinski definition) is 4. The molecule has 2 unspecified atom stereocenters. The zero-order valence-electron chi connectivity index (χ0n) is 12.6. The molecule has 1 aliphatic carbocycles. The average Bonchev–Trinajstić information content (AvgIpc) is 2.69. The molecule has 1 aliphatic rings. The van der Waals surface area contributed by atoms with Gasteiger partial charge in [-0.2, -0.15) is 0 Å². The summed E-state index contributed by atoms with van der Waals surface area (Å²) in [5.41, 5.74) is -0.430. The van der Waals surface area contributed by atoms with Crippen molar-refractivity contribution in [2.75, 3.05) is 20.3 Å². The van der Waals surface area contributed by atoms with Crippen molar-refractivity contribution in [2.45, 2.75) is 64.1 Å². The molecule has 0 heterocycles. The van der Waals surface area contributed by atoms with E-state index in [2.05, 4.69) is 10.6 Å². The van der Waals surface area contributed by atoms with E-state index in [0.717, 1.165) is 38.8 Å². The Morgan fingerprint density at radius 3 is 2.58 bits per heavy atom. The quantitative estimate of drug-likeness (QED) is 0.727. The largest absolute Gasteiger partial charge is 0.444 e. The van der Waals surface area contributed by atoms with E-state index in [4.69, 9.17) is 9.47 Å². The van der Waals surface area contributed by atoms with Crippen molar-refractivity contribution in [2.24, 2.45) is 0 Å². The summed E-state index contributed by atoms with van der Waals surface area (Å²) in [6.07, 6.45) is 3.82. The molecule has 1 rings (SSSR count). The normalized spacial score (nSPS) is 23.4. The first-order valence-electron chi connectivity index (χ1n) is 7.12. The van der Waals surface area contributed by atoms with Crippen LogP contribution in [0.15, 0.2) is 0 Å². The molecule has 2 N–H and O–H groups in total. The Morgan fingerprint density at radius 1 is 1.26 bits per heavy atom. The zero-order chi connectivity index (χ0) is 14.3. The third-order valence-electron chi connectivity index (χ3n) is 3.11. The number of ether oxygens (including phenoxy) is 2. The van der Waals surface area contributed by atoms with Crippen LogP contribution in [0, 0.1) is 0 Å². The van der Waals surface area contributed by atoms with E-state index in [1.807, 2.05) is 20.8 Å². The summed E-state index contributed by atoms with van der Waals surface area (Å²) in [4.78, 5) is 11.7. The lowest BCUT2D eigenvalue weighted by molar-refractivity contribution is 0.0505. The van der Waals surface area contributed by atoms with Crippen molar-refractivity contribution in [3.05, 3.63) is 0 Å². The summed E-state index contributed by atoms with van der Waals surface area (Å²) in [6, 6.07) is 0.728. The molecule has 0 saturated heterocycles. The highest BCUT2D eigenvalue weighted by atomic mass is 16.6. The maximum Gasteiger partial charge on any atom is 0.407 e. The number of methoxy groups -OCH3 is 1. The number of rotatable bonds is 6. The Morgan fingerprint density at radius 2 is 1.95 bits per heavy atom. The predicted molar refractivity (Wildman–Crippen MR) is 75.3 cm³/mol. The van der Waals surface area contributed by atoms with Gasteiger partial charge in [0.25, 0.3) is 0 Å². The van der Waals surface area contributed by atoms with E-state index >= 15 is 0 Å². The average molecular weight is 272 g/mol. The van der Waals surface area contributed by atoms with E-state index in [9.17, 15) is 4.79 Å². The minimum Gasteiger partial charge on any atom is -0.444 e. The summed E-state index contributed by atoms with van der Waals surface area (Å²) in [6.45, 7) is 7.39. The van der Waals surface area contributed by atoms with Gasteiger partial charge >= 0.3 is 6.09 Å². The van der Waals surface area contributed by atoms with Crippen LogP contribution < -0.4 is 10.6 Å². The van der Waals surface area contributed by atoms with Crippen LogP contribution in [0.2, 0.25) is 0 Å². The molecule has 0 radical (unpaired) electrons. The highest BCUT2D eigenvalue weighted by Gasteiger charge is 2.27. The molecule has 1 fully saturated rings. The summed E-state index contributed by atoms with van der Waals surface area (Å²) >= 11 is 0. The summed E-state index contributed by atoms with van der Waals surface area (Å²) in [7, 11) is 1.72. The van der Waals surface area contributed by atoms with Gasteiger partial charge in [0.2, 0.25) is 0 Å². The van der Waals surface area contributed by atoms with E-state index in [1.165, 1.54) is 0 Å². The first kappa shape index (κ1) is 16.2. The lowest BCUT2D eigenvalue weighted by Gasteiger charge is -2.21. The van der Waals surface area contributed by atoms with Gasteiger partial charge in [0.1, 0.15) is 5.60 Å². The van der Waals surface area contributed by atoms with E-state index in [-0.39, 0.29) is 12.1 Å². The molecule has 1 amide bonds. The molecule has 0 aromatic heterocycles. The van der Waals surface area contributed by atoms with Crippen molar-refractivity contribution < 1.29 is 14.3 Å². The molecule has 2 atom stereocenters. The Balaban J connectivity index is 2.16. The number of alkyl carbamates (subject to hydrolysis) is 1. The summed E-state index contributed by atoms with van der Waals surface area (Å²) in [5, 5.41) is 6.44. The van der Waals surface area contributed by atoms with Crippen LogP contribution in [-0.2, 0) is 9.47 Å². The van der Waals surface area contributed by atoms with Crippen molar-refractivity contribution in [3.8, 4) is 0 Å². The number of carbonyl (C=O) groups is 1. The molecule has 0 bridgehead atoms. The van der Waals surface area contributed by atoms with Crippen LogP contribution in [-0.4, -0.2) is 44.0 Å². The highest BCUT2D eigenvalue weighted by molar-refractivity contribution is 5.68. The standard InChI is InChI=1S/C14H28N2O3/c1-14(2,3)19-13(17)16-12-7-6-11(10-12)15-8-5-9-18-4/h11-12,15H,5-10H2,1-4H3,(H,16,17). The third-order valence-corrected chi connectivity index (χ3v) is 3.11. The van der Waals surface area contributed by atoms with Crippen molar-refractivity contribution >= 4 is 6.09 Å².